The highest BCUT2D eigenvalue weighted by Gasteiger charge is 2.16. The second-order valence-electron chi connectivity index (χ2n) is 3.18. The van der Waals surface area contributed by atoms with Crippen LogP contribution in [0.4, 0.5) is 0 Å². The lowest BCUT2D eigenvalue weighted by molar-refractivity contribution is 0.107. The van der Waals surface area contributed by atoms with E-state index in [1.54, 1.807) is 10.9 Å². The van der Waals surface area contributed by atoms with Gasteiger partial charge in [0.2, 0.25) is 0 Å². The summed E-state index contributed by atoms with van der Waals surface area (Å²) < 4.78 is 6.90. The average molecular weight is 240 g/mol. The van der Waals surface area contributed by atoms with E-state index in [0.29, 0.717) is 23.3 Å². The summed E-state index contributed by atoms with van der Waals surface area (Å²) in [6, 6.07) is 0. The first kappa shape index (κ1) is 10.9. The van der Waals surface area contributed by atoms with Crippen LogP contribution in [-0.4, -0.2) is 27.1 Å². The number of fused-ring (bicyclic) bond motifs is 1. The fraction of sp³-hybridized carbons (Fsp3) is 0.300. The minimum absolute atomic E-state index is 0.257. The van der Waals surface area contributed by atoms with Gasteiger partial charge in [-0.3, -0.25) is 4.79 Å². The molecule has 84 valence electrons. The van der Waals surface area contributed by atoms with Crippen LogP contribution >= 0.6 is 11.6 Å². The van der Waals surface area contributed by atoms with E-state index >= 15 is 0 Å². The fourth-order valence-electron chi connectivity index (χ4n) is 1.60. The zero-order valence-corrected chi connectivity index (χ0v) is 9.65. The molecule has 0 aliphatic rings. The largest absolute Gasteiger partial charge is 0.495 e. The van der Waals surface area contributed by atoms with Crippen molar-refractivity contribution < 1.29 is 9.53 Å². The van der Waals surface area contributed by atoms with Gasteiger partial charge in [0.15, 0.2) is 5.65 Å². The first-order valence-corrected chi connectivity index (χ1v) is 5.15. The Morgan fingerprint density at radius 1 is 1.56 bits per heavy atom. The predicted molar refractivity (Wildman–Crippen MR) is 59.9 cm³/mol. The molecule has 0 N–H and O–H groups in total. The highest BCUT2D eigenvalue weighted by Crippen LogP contribution is 2.28. The SMILES string of the molecule is CCn1ncc2c(OC)c(C(=O)Cl)cnc21. The first-order valence-electron chi connectivity index (χ1n) is 4.77. The highest BCUT2D eigenvalue weighted by molar-refractivity contribution is 6.68. The second kappa shape index (κ2) is 4.09. The van der Waals surface area contributed by atoms with Gasteiger partial charge in [-0.2, -0.15) is 5.10 Å². The Kier molecular flexibility index (Phi) is 2.78. The Labute approximate surface area is 97.0 Å². The smallest absolute Gasteiger partial charge is 0.257 e. The Bertz CT molecular complexity index is 550. The molecule has 0 amide bonds. The third-order valence-corrected chi connectivity index (χ3v) is 2.54. The molecule has 0 aliphatic heterocycles. The maximum Gasteiger partial charge on any atom is 0.257 e. The van der Waals surface area contributed by atoms with Crippen molar-refractivity contribution in [1.29, 1.82) is 0 Å². The van der Waals surface area contributed by atoms with Crippen LogP contribution in [0.1, 0.15) is 17.3 Å². The Morgan fingerprint density at radius 3 is 2.88 bits per heavy atom. The van der Waals surface area contributed by atoms with Gasteiger partial charge in [0.25, 0.3) is 5.24 Å². The van der Waals surface area contributed by atoms with E-state index in [-0.39, 0.29) is 5.56 Å². The zero-order chi connectivity index (χ0) is 11.7. The van der Waals surface area contributed by atoms with Crippen molar-refractivity contribution >= 4 is 27.9 Å². The van der Waals surface area contributed by atoms with E-state index in [1.165, 1.54) is 13.3 Å². The third-order valence-electron chi connectivity index (χ3n) is 2.33. The Balaban J connectivity index is 2.76. The summed E-state index contributed by atoms with van der Waals surface area (Å²) >= 11 is 5.44. The van der Waals surface area contributed by atoms with Gasteiger partial charge in [-0.05, 0) is 18.5 Å². The zero-order valence-electron chi connectivity index (χ0n) is 8.90. The van der Waals surface area contributed by atoms with Crippen LogP contribution in [0, 0.1) is 0 Å². The fourth-order valence-corrected chi connectivity index (χ4v) is 1.73. The molecule has 5 nitrogen and oxygen atoms in total. The molecule has 16 heavy (non-hydrogen) atoms. The Morgan fingerprint density at radius 2 is 2.31 bits per heavy atom. The molecule has 2 heterocycles. The van der Waals surface area contributed by atoms with E-state index in [4.69, 9.17) is 16.3 Å². The number of aryl methyl sites for hydroxylation is 1. The van der Waals surface area contributed by atoms with Crippen LogP contribution < -0.4 is 4.74 Å². The summed E-state index contributed by atoms with van der Waals surface area (Å²) in [4.78, 5) is 15.3. The van der Waals surface area contributed by atoms with Crippen molar-refractivity contribution in [3.05, 3.63) is 18.0 Å². The van der Waals surface area contributed by atoms with Crippen molar-refractivity contribution in [3.63, 3.8) is 0 Å². The maximum absolute atomic E-state index is 11.2. The van der Waals surface area contributed by atoms with Crippen LogP contribution in [0.2, 0.25) is 0 Å². The van der Waals surface area contributed by atoms with E-state index < -0.39 is 5.24 Å². The third kappa shape index (κ3) is 1.53. The number of aromatic nitrogens is 3. The van der Waals surface area contributed by atoms with Gasteiger partial charge < -0.3 is 4.74 Å². The maximum atomic E-state index is 11.2. The van der Waals surface area contributed by atoms with E-state index in [2.05, 4.69) is 10.1 Å². The summed E-state index contributed by atoms with van der Waals surface area (Å²) in [5.41, 5.74) is 0.938. The molecule has 6 heteroatoms. The first-order chi connectivity index (χ1) is 7.69. The molecule has 0 bridgehead atoms. The van der Waals surface area contributed by atoms with Crippen LogP contribution in [-0.2, 0) is 6.54 Å². The van der Waals surface area contributed by atoms with Crippen molar-refractivity contribution in [2.45, 2.75) is 13.5 Å². The number of carbonyl (C=O) groups is 1. The topological polar surface area (TPSA) is 57.0 Å². The second-order valence-corrected chi connectivity index (χ2v) is 3.52. The van der Waals surface area contributed by atoms with Crippen molar-refractivity contribution in [3.8, 4) is 5.75 Å². The summed E-state index contributed by atoms with van der Waals surface area (Å²) in [5, 5.41) is 4.25. The quantitative estimate of drug-likeness (QED) is 0.767. The molecule has 0 atom stereocenters. The van der Waals surface area contributed by atoms with Gasteiger partial charge in [-0.25, -0.2) is 9.67 Å². The van der Waals surface area contributed by atoms with Crippen LogP contribution in [0.3, 0.4) is 0 Å². The molecule has 2 rings (SSSR count). The molecular formula is C10H10ClN3O2. The minimum atomic E-state index is -0.588. The average Bonchev–Trinajstić information content (AvgIpc) is 2.70. The van der Waals surface area contributed by atoms with Crippen molar-refractivity contribution in [1.82, 2.24) is 14.8 Å². The van der Waals surface area contributed by atoms with Gasteiger partial charge in [-0.1, -0.05) is 0 Å². The molecule has 2 aromatic heterocycles. The molecule has 2 aromatic rings. The van der Waals surface area contributed by atoms with E-state index in [1.807, 2.05) is 6.92 Å². The lowest BCUT2D eigenvalue weighted by Gasteiger charge is -2.05. The summed E-state index contributed by atoms with van der Waals surface area (Å²) in [5.74, 6) is 0.421. The monoisotopic (exact) mass is 239 g/mol. The molecule has 0 fully saturated rings. The minimum Gasteiger partial charge on any atom is -0.495 e. The van der Waals surface area contributed by atoms with Gasteiger partial charge in [0.05, 0.1) is 24.3 Å². The van der Waals surface area contributed by atoms with Gasteiger partial charge >= 0.3 is 0 Å². The van der Waals surface area contributed by atoms with E-state index in [9.17, 15) is 4.79 Å². The van der Waals surface area contributed by atoms with Crippen LogP contribution in [0.5, 0.6) is 5.75 Å². The Hall–Kier alpha value is -1.62. The van der Waals surface area contributed by atoms with Crippen LogP contribution in [0.15, 0.2) is 12.4 Å². The number of ether oxygens (including phenoxy) is 1. The number of pyridine rings is 1. The van der Waals surface area contributed by atoms with Crippen LogP contribution in [0.25, 0.3) is 11.0 Å². The number of carbonyl (C=O) groups excluding carboxylic acids is 1. The molecule has 0 saturated heterocycles. The number of halogens is 1. The number of methoxy groups -OCH3 is 1. The molecule has 0 aliphatic carbocycles. The van der Waals surface area contributed by atoms with Gasteiger partial charge in [0.1, 0.15) is 5.75 Å². The molecule has 0 saturated carbocycles. The lowest BCUT2D eigenvalue weighted by atomic mass is 10.2. The predicted octanol–water partition coefficient (Wildman–Crippen LogP) is 1.84. The molecule has 0 unspecified atom stereocenters. The number of hydrogen-bond acceptors (Lipinski definition) is 4. The van der Waals surface area contributed by atoms with Gasteiger partial charge in [0, 0.05) is 12.7 Å². The van der Waals surface area contributed by atoms with Gasteiger partial charge in [-0.15, -0.1) is 0 Å². The number of rotatable bonds is 3. The summed E-state index contributed by atoms with van der Waals surface area (Å²) in [6.07, 6.45) is 3.03. The molecule has 0 aromatic carbocycles. The lowest BCUT2D eigenvalue weighted by Crippen LogP contribution is -2.00. The number of nitrogens with zero attached hydrogens (tertiary/aromatic N) is 3. The molecule has 0 spiro atoms. The highest BCUT2D eigenvalue weighted by atomic mass is 35.5. The normalized spacial score (nSPS) is 10.7. The summed E-state index contributed by atoms with van der Waals surface area (Å²) in [6.45, 7) is 2.66. The standard InChI is InChI=1S/C10H10ClN3O2/c1-3-14-10-7(5-13-14)8(16-2)6(4-12-10)9(11)15/h4-5H,3H2,1-2H3. The van der Waals surface area contributed by atoms with Crippen molar-refractivity contribution in [2.75, 3.05) is 7.11 Å². The summed E-state index contributed by atoms with van der Waals surface area (Å²) in [7, 11) is 1.49. The number of hydrogen-bond donors (Lipinski definition) is 0. The van der Waals surface area contributed by atoms with Crippen molar-refractivity contribution in [2.24, 2.45) is 0 Å². The molecular weight excluding hydrogens is 230 g/mol. The van der Waals surface area contributed by atoms with E-state index in [0.717, 1.165) is 0 Å². The molecule has 0 radical (unpaired) electrons.